The Morgan fingerprint density at radius 1 is 1.90 bits per heavy atom. The topological polar surface area (TPSA) is 42.0 Å². The van der Waals surface area contributed by atoms with Crippen LogP contribution in [0.15, 0.2) is 24.2 Å². The molecule has 0 atom stereocenters. The lowest BCUT2D eigenvalue weighted by Crippen LogP contribution is -2.05. The first-order valence-electron chi connectivity index (χ1n) is 2.65. The fraction of sp³-hybridized carbons (Fsp3) is 0. The Labute approximate surface area is 62.5 Å². The van der Waals surface area contributed by atoms with Crippen LogP contribution in [0.25, 0.3) is 0 Å². The van der Waals surface area contributed by atoms with Crippen molar-refractivity contribution in [3.8, 4) is 0 Å². The van der Waals surface area contributed by atoms with E-state index in [1.165, 1.54) is 17.6 Å². The molecular weight excluding hydrogens is 148 g/mol. The maximum atomic E-state index is 10.6. The van der Waals surface area contributed by atoms with E-state index in [0.29, 0.717) is 0 Å². The second-order valence-electron chi connectivity index (χ2n) is 1.61. The van der Waals surface area contributed by atoms with E-state index in [0.717, 1.165) is 5.69 Å². The van der Waals surface area contributed by atoms with E-state index >= 15 is 0 Å². The fourth-order valence-corrected chi connectivity index (χ4v) is 0.929. The van der Waals surface area contributed by atoms with E-state index in [-0.39, 0.29) is 5.91 Å². The molecule has 0 aromatic carbocycles. The SMILES string of the molecule is C=CC(=O)Nc1cnsc1. The Balaban J connectivity index is 2.56. The number of hydrogen-bond donors (Lipinski definition) is 1. The molecule has 0 unspecified atom stereocenters. The Hall–Kier alpha value is -1.16. The molecule has 1 rings (SSSR count). The molecule has 0 saturated carbocycles. The van der Waals surface area contributed by atoms with Gasteiger partial charge in [-0.1, -0.05) is 6.58 Å². The standard InChI is InChI=1S/C6H6N2OS/c1-2-6(9)8-5-3-7-10-4-5/h2-4H,1H2,(H,8,9). The highest BCUT2D eigenvalue weighted by molar-refractivity contribution is 7.04. The van der Waals surface area contributed by atoms with Crippen LogP contribution in [0, 0.1) is 0 Å². The van der Waals surface area contributed by atoms with Crippen LogP contribution < -0.4 is 5.32 Å². The van der Waals surface area contributed by atoms with Crippen LogP contribution >= 0.6 is 11.5 Å². The second kappa shape index (κ2) is 3.12. The third-order valence-corrected chi connectivity index (χ3v) is 1.47. The van der Waals surface area contributed by atoms with Crippen molar-refractivity contribution in [3.63, 3.8) is 0 Å². The molecular formula is C6H6N2OS. The van der Waals surface area contributed by atoms with Crippen molar-refractivity contribution in [1.29, 1.82) is 0 Å². The normalized spacial score (nSPS) is 8.80. The molecule has 1 aromatic rings. The molecule has 0 fully saturated rings. The van der Waals surface area contributed by atoms with E-state index in [1.54, 1.807) is 11.6 Å². The summed E-state index contributed by atoms with van der Waals surface area (Å²) in [6.45, 7) is 3.31. The number of anilines is 1. The zero-order valence-corrected chi connectivity index (χ0v) is 6.02. The van der Waals surface area contributed by atoms with Gasteiger partial charge in [-0.05, 0) is 17.6 Å². The van der Waals surface area contributed by atoms with Crippen LogP contribution in [0.4, 0.5) is 5.69 Å². The molecule has 0 bridgehead atoms. The van der Waals surface area contributed by atoms with Gasteiger partial charge in [0.15, 0.2) is 0 Å². The summed E-state index contributed by atoms with van der Waals surface area (Å²) in [5.74, 6) is -0.208. The van der Waals surface area contributed by atoms with Gasteiger partial charge in [0.2, 0.25) is 5.91 Å². The Morgan fingerprint density at radius 2 is 2.70 bits per heavy atom. The summed E-state index contributed by atoms with van der Waals surface area (Å²) in [6, 6.07) is 0. The van der Waals surface area contributed by atoms with Gasteiger partial charge in [0.1, 0.15) is 0 Å². The number of rotatable bonds is 2. The molecule has 0 radical (unpaired) electrons. The maximum Gasteiger partial charge on any atom is 0.247 e. The summed E-state index contributed by atoms with van der Waals surface area (Å²) >= 11 is 1.29. The van der Waals surface area contributed by atoms with Gasteiger partial charge in [-0.2, -0.15) is 4.37 Å². The number of carbonyl (C=O) groups is 1. The predicted octanol–water partition coefficient (Wildman–Crippen LogP) is 1.27. The molecule has 1 amide bonds. The Bertz CT molecular complexity index is 230. The van der Waals surface area contributed by atoms with Gasteiger partial charge in [-0.25, -0.2) is 0 Å². The van der Waals surface area contributed by atoms with Crippen LogP contribution in [0.3, 0.4) is 0 Å². The number of nitrogens with one attached hydrogen (secondary N) is 1. The largest absolute Gasteiger partial charge is 0.320 e. The van der Waals surface area contributed by atoms with Crippen LogP contribution in [0.2, 0.25) is 0 Å². The molecule has 4 heteroatoms. The monoisotopic (exact) mass is 154 g/mol. The third-order valence-electron chi connectivity index (χ3n) is 0.885. The average molecular weight is 154 g/mol. The molecule has 0 spiro atoms. The zero-order valence-electron chi connectivity index (χ0n) is 5.20. The first-order chi connectivity index (χ1) is 4.83. The van der Waals surface area contributed by atoms with Crippen molar-refractivity contribution >= 4 is 23.1 Å². The number of nitrogens with zero attached hydrogens (tertiary/aromatic N) is 1. The van der Waals surface area contributed by atoms with Gasteiger partial charge < -0.3 is 5.32 Å². The van der Waals surface area contributed by atoms with E-state index in [9.17, 15) is 4.79 Å². The zero-order chi connectivity index (χ0) is 7.40. The maximum absolute atomic E-state index is 10.6. The highest BCUT2D eigenvalue weighted by atomic mass is 32.1. The average Bonchev–Trinajstić information content (AvgIpc) is 2.40. The molecule has 3 nitrogen and oxygen atoms in total. The molecule has 1 heterocycles. The van der Waals surface area contributed by atoms with Crippen LogP contribution in [0.5, 0.6) is 0 Å². The minimum atomic E-state index is -0.208. The van der Waals surface area contributed by atoms with Crippen molar-refractivity contribution < 1.29 is 4.79 Å². The summed E-state index contributed by atoms with van der Waals surface area (Å²) in [7, 11) is 0. The molecule has 0 aliphatic rings. The molecule has 0 aliphatic carbocycles. The second-order valence-corrected chi connectivity index (χ2v) is 2.26. The lowest BCUT2D eigenvalue weighted by atomic mass is 10.5. The highest BCUT2D eigenvalue weighted by Crippen LogP contribution is 2.07. The van der Waals surface area contributed by atoms with Gasteiger partial charge >= 0.3 is 0 Å². The predicted molar refractivity (Wildman–Crippen MR) is 40.9 cm³/mol. The van der Waals surface area contributed by atoms with E-state index in [4.69, 9.17) is 0 Å². The summed E-state index contributed by atoms with van der Waals surface area (Å²) in [5.41, 5.74) is 0.718. The summed E-state index contributed by atoms with van der Waals surface area (Å²) < 4.78 is 3.80. The van der Waals surface area contributed by atoms with Gasteiger partial charge in [0, 0.05) is 5.38 Å². The quantitative estimate of drug-likeness (QED) is 0.652. The van der Waals surface area contributed by atoms with Gasteiger partial charge in [0.25, 0.3) is 0 Å². The van der Waals surface area contributed by atoms with E-state index < -0.39 is 0 Å². The highest BCUT2D eigenvalue weighted by Gasteiger charge is 1.95. The van der Waals surface area contributed by atoms with Crippen molar-refractivity contribution in [1.82, 2.24) is 4.37 Å². The Kier molecular flexibility index (Phi) is 2.17. The number of hydrogen-bond acceptors (Lipinski definition) is 3. The van der Waals surface area contributed by atoms with Crippen molar-refractivity contribution in [2.75, 3.05) is 5.32 Å². The lowest BCUT2D eigenvalue weighted by molar-refractivity contribution is -0.111. The van der Waals surface area contributed by atoms with Gasteiger partial charge in [-0.3, -0.25) is 4.79 Å². The lowest BCUT2D eigenvalue weighted by Gasteiger charge is -1.93. The molecule has 1 aromatic heterocycles. The Morgan fingerprint density at radius 3 is 3.20 bits per heavy atom. The molecule has 0 aliphatic heterocycles. The minimum Gasteiger partial charge on any atom is -0.320 e. The van der Waals surface area contributed by atoms with Crippen molar-refractivity contribution in [2.24, 2.45) is 0 Å². The van der Waals surface area contributed by atoms with E-state index in [1.807, 2.05) is 0 Å². The first-order valence-corrected chi connectivity index (χ1v) is 3.49. The number of aromatic nitrogens is 1. The smallest absolute Gasteiger partial charge is 0.247 e. The third kappa shape index (κ3) is 1.66. The first kappa shape index (κ1) is 6.95. The van der Waals surface area contributed by atoms with Gasteiger partial charge in [0.05, 0.1) is 11.9 Å². The fourth-order valence-electron chi connectivity index (χ4n) is 0.460. The number of carbonyl (C=O) groups excluding carboxylic acids is 1. The number of amides is 1. The van der Waals surface area contributed by atoms with Crippen LogP contribution in [0.1, 0.15) is 0 Å². The molecule has 10 heavy (non-hydrogen) atoms. The molecule has 0 saturated heterocycles. The summed E-state index contributed by atoms with van der Waals surface area (Å²) in [6.07, 6.45) is 2.81. The minimum absolute atomic E-state index is 0.208. The van der Waals surface area contributed by atoms with Crippen molar-refractivity contribution in [2.45, 2.75) is 0 Å². The van der Waals surface area contributed by atoms with E-state index in [2.05, 4.69) is 16.3 Å². The van der Waals surface area contributed by atoms with Gasteiger partial charge in [-0.15, -0.1) is 0 Å². The van der Waals surface area contributed by atoms with Crippen LogP contribution in [-0.4, -0.2) is 10.3 Å². The summed E-state index contributed by atoms with van der Waals surface area (Å²) in [4.78, 5) is 10.6. The molecule has 1 N–H and O–H groups in total. The molecule has 52 valence electrons. The summed E-state index contributed by atoms with van der Waals surface area (Å²) in [5, 5.41) is 4.31. The van der Waals surface area contributed by atoms with Crippen molar-refractivity contribution in [3.05, 3.63) is 24.2 Å². The van der Waals surface area contributed by atoms with Crippen LogP contribution in [-0.2, 0) is 4.79 Å².